The monoisotopic (exact) mass is 202 g/mol. The molecule has 72 valence electrons. The lowest BCUT2D eigenvalue weighted by Crippen LogP contribution is -2.53. The van der Waals surface area contributed by atoms with Crippen LogP contribution in [-0.2, 0) is 0 Å². The molecule has 0 aromatic rings. The highest BCUT2D eigenvalue weighted by atomic mass is 35.5. The lowest BCUT2D eigenvalue weighted by atomic mass is 9.77. The molecule has 0 spiro atoms. The van der Waals surface area contributed by atoms with Crippen molar-refractivity contribution in [2.45, 2.75) is 40.2 Å². The van der Waals surface area contributed by atoms with E-state index in [2.05, 4.69) is 40.0 Å². The summed E-state index contributed by atoms with van der Waals surface area (Å²) >= 11 is 0. The summed E-state index contributed by atoms with van der Waals surface area (Å²) < 4.78 is 0. The Hall–Kier alpha value is 0.500. The van der Waals surface area contributed by atoms with Gasteiger partial charge in [0.2, 0.25) is 0 Å². The zero-order valence-electron chi connectivity index (χ0n) is 7.89. The van der Waals surface area contributed by atoms with Crippen LogP contribution in [-0.4, -0.2) is 5.54 Å². The molecule has 0 amide bonds. The van der Waals surface area contributed by atoms with Crippen LogP contribution in [0.15, 0.2) is 0 Å². The molecule has 0 bridgehead atoms. The number of hydrogen-bond donors (Lipinski definition) is 2. The van der Waals surface area contributed by atoms with Gasteiger partial charge in [-0.3, -0.25) is 11.3 Å². The largest absolute Gasteiger partial charge is 0.271 e. The van der Waals surface area contributed by atoms with E-state index in [1.165, 1.54) is 0 Å². The SMILES string of the molecule is CC(C)(C)C(C)(C)NN.Cl.Cl. The number of hydrazine groups is 1. The maximum absolute atomic E-state index is 5.34. The van der Waals surface area contributed by atoms with Crippen molar-refractivity contribution in [1.29, 1.82) is 0 Å². The van der Waals surface area contributed by atoms with Crippen molar-refractivity contribution < 1.29 is 0 Å². The van der Waals surface area contributed by atoms with Gasteiger partial charge in [0, 0.05) is 5.54 Å². The fraction of sp³-hybridized carbons (Fsp3) is 1.00. The maximum Gasteiger partial charge on any atom is 0.0313 e. The lowest BCUT2D eigenvalue weighted by Gasteiger charge is -2.37. The van der Waals surface area contributed by atoms with E-state index in [1.807, 2.05) is 0 Å². The normalized spacial score (nSPS) is 11.5. The van der Waals surface area contributed by atoms with Gasteiger partial charge in [0.1, 0.15) is 0 Å². The van der Waals surface area contributed by atoms with Gasteiger partial charge in [-0.2, -0.15) is 0 Å². The van der Waals surface area contributed by atoms with Crippen molar-refractivity contribution in [3.05, 3.63) is 0 Å². The topological polar surface area (TPSA) is 38.0 Å². The van der Waals surface area contributed by atoms with Gasteiger partial charge < -0.3 is 0 Å². The average molecular weight is 203 g/mol. The molecule has 0 fully saturated rings. The third-order valence-electron chi connectivity index (χ3n) is 2.24. The van der Waals surface area contributed by atoms with Crippen LogP contribution < -0.4 is 11.3 Å². The van der Waals surface area contributed by atoms with E-state index in [0.29, 0.717) is 0 Å². The smallest absolute Gasteiger partial charge is 0.0313 e. The second-order valence-corrected chi connectivity index (χ2v) is 4.02. The molecule has 0 unspecified atom stereocenters. The predicted molar refractivity (Wildman–Crippen MR) is 55.4 cm³/mol. The van der Waals surface area contributed by atoms with Gasteiger partial charge in [0.15, 0.2) is 0 Å². The van der Waals surface area contributed by atoms with E-state index in [1.54, 1.807) is 0 Å². The molecule has 0 aromatic carbocycles. The van der Waals surface area contributed by atoms with Gasteiger partial charge in [0.05, 0.1) is 0 Å². The van der Waals surface area contributed by atoms with Crippen LogP contribution in [0.25, 0.3) is 0 Å². The molecular weight excluding hydrogens is 183 g/mol. The van der Waals surface area contributed by atoms with E-state index < -0.39 is 0 Å². The lowest BCUT2D eigenvalue weighted by molar-refractivity contribution is 0.178. The molecule has 0 aliphatic carbocycles. The Labute approximate surface area is 82.1 Å². The van der Waals surface area contributed by atoms with Crippen molar-refractivity contribution in [2.24, 2.45) is 11.3 Å². The van der Waals surface area contributed by atoms with E-state index >= 15 is 0 Å². The summed E-state index contributed by atoms with van der Waals surface area (Å²) in [6.07, 6.45) is 0. The summed E-state index contributed by atoms with van der Waals surface area (Å²) in [7, 11) is 0. The van der Waals surface area contributed by atoms with Gasteiger partial charge in [-0.1, -0.05) is 20.8 Å². The number of nitrogens with one attached hydrogen (secondary N) is 1. The zero-order chi connectivity index (χ0) is 7.71. The van der Waals surface area contributed by atoms with Gasteiger partial charge in [0.25, 0.3) is 0 Å². The standard InChI is InChI=1S/C7H18N2.2ClH/c1-6(2,3)7(4,5)9-8;;/h9H,8H2,1-5H3;2*1H. The van der Waals surface area contributed by atoms with Crippen molar-refractivity contribution >= 4 is 24.8 Å². The first-order valence-electron chi connectivity index (χ1n) is 3.29. The minimum absolute atomic E-state index is 0. The molecule has 3 N–H and O–H groups in total. The molecule has 0 saturated carbocycles. The van der Waals surface area contributed by atoms with E-state index in [0.717, 1.165) is 0 Å². The van der Waals surface area contributed by atoms with E-state index in [4.69, 9.17) is 5.84 Å². The molecule has 4 heteroatoms. The van der Waals surface area contributed by atoms with Gasteiger partial charge in [-0.25, -0.2) is 0 Å². The predicted octanol–water partition coefficient (Wildman–Crippen LogP) is 2.12. The number of rotatable bonds is 1. The minimum atomic E-state index is 0. The third-order valence-corrected chi connectivity index (χ3v) is 2.24. The molecule has 0 radical (unpaired) electrons. The first kappa shape index (κ1) is 17.5. The Bertz CT molecular complexity index is 97.1. The van der Waals surface area contributed by atoms with Gasteiger partial charge in [-0.05, 0) is 19.3 Å². The van der Waals surface area contributed by atoms with Gasteiger partial charge >= 0.3 is 0 Å². The zero-order valence-corrected chi connectivity index (χ0v) is 9.53. The molecule has 0 rings (SSSR count). The highest BCUT2D eigenvalue weighted by molar-refractivity contribution is 5.85. The highest BCUT2D eigenvalue weighted by Crippen LogP contribution is 2.27. The van der Waals surface area contributed by atoms with Crippen molar-refractivity contribution in [1.82, 2.24) is 5.43 Å². The first-order valence-corrected chi connectivity index (χ1v) is 3.29. The molecule has 0 aliphatic rings. The maximum atomic E-state index is 5.34. The van der Waals surface area contributed by atoms with Crippen molar-refractivity contribution in [3.8, 4) is 0 Å². The Morgan fingerprint density at radius 2 is 1.18 bits per heavy atom. The Morgan fingerprint density at radius 1 is 0.909 bits per heavy atom. The fourth-order valence-electron chi connectivity index (χ4n) is 0.217. The number of halogens is 2. The summed E-state index contributed by atoms with van der Waals surface area (Å²) in [5.41, 5.74) is 3.00. The number of hydrogen-bond acceptors (Lipinski definition) is 2. The summed E-state index contributed by atoms with van der Waals surface area (Å²) in [6.45, 7) is 10.7. The third kappa shape index (κ3) is 4.86. The van der Waals surface area contributed by atoms with Crippen molar-refractivity contribution in [3.63, 3.8) is 0 Å². The number of nitrogens with two attached hydrogens (primary N) is 1. The van der Waals surface area contributed by atoms with Crippen LogP contribution in [0.4, 0.5) is 0 Å². The molecular formula is C7H20Cl2N2. The first-order chi connectivity index (χ1) is 3.81. The molecule has 0 saturated heterocycles. The summed E-state index contributed by atoms with van der Waals surface area (Å²) in [5, 5.41) is 0. The van der Waals surface area contributed by atoms with Crippen LogP contribution in [0.2, 0.25) is 0 Å². The summed E-state index contributed by atoms with van der Waals surface area (Å²) in [5.74, 6) is 5.34. The molecule has 2 nitrogen and oxygen atoms in total. The molecule has 0 aromatic heterocycles. The summed E-state index contributed by atoms with van der Waals surface area (Å²) in [6, 6.07) is 0. The second-order valence-electron chi connectivity index (χ2n) is 4.02. The van der Waals surface area contributed by atoms with Crippen LogP contribution in [0.3, 0.4) is 0 Å². The van der Waals surface area contributed by atoms with Crippen LogP contribution in [0.1, 0.15) is 34.6 Å². The Balaban J connectivity index is -0.000000320. The second kappa shape index (κ2) is 5.20. The highest BCUT2D eigenvalue weighted by Gasteiger charge is 2.30. The Morgan fingerprint density at radius 3 is 1.18 bits per heavy atom. The van der Waals surface area contributed by atoms with E-state index in [-0.39, 0.29) is 35.8 Å². The molecule has 0 aliphatic heterocycles. The van der Waals surface area contributed by atoms with Crippen LogP contribution in [0, 0.1) is 5.41 Å². The minimum Gasteiger partial charge on any atom is -0.271 e. The molecule has 11 heavy (non-hydrogen) atoms. The molecule has 0 heterocycles. The van der Waals surface area contributed by atoms with Crippen molar-refractivity contribution in [2.75, 3.05) is 0 Å². The van der Waals surface area contributed by atoms with E-state index in [9.17, 15) is 0 Å². The van der Waals surface area contributed by atoms with Crippen LogP contribution >= 0.6 is 24.8 Å². The fourth-order valence-corrected chi connectivity index (χ4v) is 0.217. The molecule has 0 atom stereocenters. The average Bonchev–Trinajstić information content (AvgIpc) is 1.64. The quantitative estimate of drug-likeness (QED) is 0.506. The summed E-state index contributed by atoms with van der Waals surface area (Å²) in [4.78, 5) is 0. The van der Waals surface area contributed by atoms with Gasteiger partial charge in [-0.15, -0.1) is 24.8 Å². The Kier molecular flexibility index (Phi) is 8.29. The van der Waals surface area contributed by atoms with Crippen LogP contribution in [0.5, 0.6) is 0 Å².